The smallest absolute Gasteiger partial charge is 0.463 e. The minimum atomic E-state index is -0.760. The lowest BCUT2D eigenvalue weighted by molar-refractivity contribution is -0.146. The summed E-state index contributed by atoms with van der Waals surface area (Å²) in [5.41, 5.74) is 3.12. The molecule has 0 N–H and O–H groups in total. The van der Waals surface area contributed by atoms with E-state index >= 15 is 0 Å². The molecule has 0 saturated heterocycles. The highest BCUT2D eigenvalue weighted by molar-refractivity contribution is 5.71. The summed E-state index contributed by atoms with van der Waals surface area (Å²) in [6, 6.07) is 7.73. The first-order valence-electron chi connectivity index (χ1n) is 19.3. The molecule has 0 heterocycles. The van der Waals surface area contributed by atoms with Crippen molar-refractivity contribution >= 4 is 24.2 Å². The van der Waals surface area contributed by atoms with Gasteiger partial charge in [0.15, 0.2) is 0 Å². The Morgan fingerprint density at radius 3 is 1.11 bits per heavy atom. The lowest BCUT2D eigenvalue weighted by Gasteiger charge is -2.26. The summed E-state index contributed by atoms with van der Waals surface area (Å²) < 4.78 is 43.6. The molecule has 0 radical (unpaired) electrons. The molecular weight excluding hydrogens is 720 g/mol. The molecule has 0 unspecified atom stereocenters. The first-order chi connectivity index (χ1) is 25.7. The zero-order valence-corrected chi connectivity index (χ0v) is 36.3. The van der Waals surface area contributed by atoms with Crippen LogP contribution < -0.4 is 9.47 Å². The summed E-state index contributed by atoms with van der Waals surface area (Å²) in [4.78, 5) is 49.6. The van der Waals surface area contributed by atoms with Crippen molar-refractivity contribution in [2.24, 2.45) is 0 Å². The molecule has 56 heavy (non-hydrogen) atoms. The van der Waals surface area contributed by atoms with Gasteiger partial charge in [-0.25, -0.2) is 9.59 Å². The molecule has 0 atom stereocenters. The van der Waals surface area contributed by atoms with Crippen molar-refractivity contribution in [3.05, 3.63) is 57.6 Å². The molecule has 2 aromatic carbocycles. The minimum absolute atomic E-state index is 0.113. The number of rotatable bonds is 17. The molecule has 12 nitrogen and oxygen atoms in total. The minimum Gasteiger partial charge on any atom is -0.463 e. The average molecular weight is 787 g/mol. The van der Waals surface area contributed by atoms with Crippen molar-refractivity contribution in [1.82, 2.24) is 0 Å². The molecule has 0 saturated carbocycles. The van der Waals surface area contributed by atoms with E-state index in [2.05, 4.69) is 0 Å². The molecule has 314 valence electrons. The highest BCUT2D eigenvalue weighted by atomic mass is 16.7. The van der Waals surface area contributed by atoms with Crippen LogP contribution in [0.4, 0.5) is 9.59 Å². The van der Waals surface area contributed by atoms with Gasteiger partial charge in [0.05, 0.1) is 26.4 Å². The maximum Gasteiger partial charge on any atom is 0.514 e. The summed E-state index contributed by atoms with van der Waals surface area (Å²) in [5, 5.41) is 0. The highest BCUT2D eigenvalue weighted by Gasteiger charge is 2.27. The number of benzene rings is 2. The van der Waals surface area contributed by atoms with E-state index in [1.165, 1.54) is 0 Å². The molecule has 0 fully saturated rings. The monoisotopic (exact) mass is 786 g/mol. The number of ether oxygens (including phenoxy) is 8. The van der Waals surface area contributed by atoms with Crippen molar-refractivity contribution < 1.29 is 57.1 Å². The zero-order valence-electron chi connectivity index (χ0n) is 36.3. The fourth-order valence-electron chi connectivity index (χ4n) is 5.47. The van der Waals surface area contributed by atoms with Crippen LogP contribution in [0.25, 0.3) is 0 Å². The van der Waals surface area contributed by atoms with Gasteiger partial charge in [-0.1, -0.05) is 65.8 Å². The van der Waals surface area contributed by atoms with Crippen LogP contribution in [0.15, 0.2) is 24.3 Å². The van der Waals surface area contributed by atoms with Crippen molar-refractivity contribution in [1.29, 1.82) is 0 Å². The molecule has 0 spiro atoms. The van der Waals surface area contributed by atoms with Crippen LogP contribution in [0.3, 0.4) is 0 Å². The summed E-state index contributed by atoms with van der Waals surface area (Å²) in [6.45, 7) is 27.9. The maximum absolute atomic E-state index is 12.4. The van der Waals surface area contributed by atoms with Crippen LogP contribution in [0, 0.1) is 13.8 Å². The fourth-order valence-corrected chi connectivity index (χ4v) is 5.47. The second-order valence-corrected chi connectivity index (χ2v) is 17.9. The van der Waals surface area contributed by atoms with Gasteiger partial charge in [-0.3, -0.25) is 9.59 Å². The number of hydrogen-bond donors (Lipinski definition) is 0. The largest absolute Gasteiger partial charge is 0.514 e. The van der Waals surface area contributed by atoms with Crippen LogP contribution in [-0.2, 0) is 61.7 Å². The van der Waals surface area contributed by atoms with Crippen LogP contribution in [-0.4, -0.2) is 75.1 Å². The molecular formula is C44H66O12. The molecule has 0 aromatic heterocycles. The van der Waals surface area contributed by atoms with Crippen LogP contribution in [0.5, 0.6) is 11.5 Å². The number of aryl methyl sites for hydroxylation is 4. The van der Waals surface area contributed by atoms with Crippen LogP contribution in [0.1, 0.15) is 129 Å². The number of carbonyl (C=O) groups excluding carboxylic acids is 4. The quantitative estimate of drug-likeness (QED) is 0.0653. The lowest BCUT2D eigenvalue weighted by atomic mass is 9.83. The van der Waals surface area contributed by atoms with E-state index in [4.69, 9.17) is 37.9 Å². The van der Waals surface area contributed by atoms with Crippen LogP contribution in [0.2, 0.25) is 0 Å². The van der Waals surface area contributed by atoms with E-state index in [-0.39, 0.29) is 62.0 Å². The number of hydrogen-bond acceptors (Lipinski definition) is 12. The number of carbonyl (C=O) groups is 4. The summed E-state index contributed by atoms with van der Waals surface area (Å²) in [5.74, 6) is 0.249. The molecule has 0 bridgehead atoms. The van der Waals surface area contributed by atoms with Gasteiger partial charge >= 0.3 is 24.2 Å². The topological polar surface area (TPSA) is 142 Å². The van der Waals surface area contributed by atoms with E-state index in [0.29, 0.717) is 37.6 Å². The SMILES string of the molecule is Cc1cc(CCC(=O)OCCOCCOCCOC(=O)CCc2cc(C)c(OC(=O)OC(C)(C)C)c(C(C)(C)C)c2)cc(C(C)(C)C)c1OC(=O)OC(C)(C)C. The second-order valence-electron chi connectivity index (χ2n) is 17.9. The maximum atomic E-state index is 12.4. The Bertz CT molecular complexity index is 1510. The molecule has 2 aromatic rings. The molecule has 2 rings (SSSR count). The average Bonchev–Trinajstić information content (AvgIpc) is 3.02. The molecule has 12 heteroatoms. The van der Waals surface area contributed by atoms with Gasteiger partial charge in [0.2, 0.25) is 0 Å². The van der Waals surface area contributed by atoms with Gasteiger partial charge in [0.1, 0.15) is 35.9 Å². The lowest BCUT2D eigenvalue weighted by Crippen LogP contribution is -2.27. The Hall–Kier alpha value is -4.16. The third-order valence-corrected chi connectivity index (χ3v) is 8.02. The Balaban J connectivity index is 1.67. The Morgan fingerprint density at radius 1 is 0.482 bits per heavy atom. The molecule has 0 aliphatic carbocycles. The Morgan fingerprint density at radius 2 is 0.804 bits per heavy atom. The van der Waals surface area contributed by atoms with Gasteiger partial charge in [-0.15, -0.1) is 0 Å². The van der Waals surface area contributed by atoms with Gasteiger partial charge in [0, 0.05) is 24.0 Å². The summed E-state index contributed by atoms with van der Waals surface area (Å²) >= 11 is 0. The van der Waals surface area contributed by atoms with E-state index in [0.717, 1.165) is 33.4 Å². The van der Waals surface area contributed by atoms with Gasteiger partial charge < -0.3 is 37.9 Å². The molecule has 0 amide bonds. The van der Waals surface area contributed by atoms with Gasteiger partial charge in [-0.2, -0.15) is 0 Å². The first-order valence-corrected chi connectivity index (χ1v) is 19.3. The number of esters is 2. The van der Waals surface area contributed by atoms with Crippen molar-refractivity contribution in [2.75, 3.05) is 39.6 Å². The molecule has 0 aliphatic heterocycles. The Kier molecular flexibility index (Phi) is 17.9. The van der Waals surface area contributed by atoms with E-state index < -0.39 is 23.5 Å². The Labute approximate surface area is 334 Å². The predicted molar refractivity (Wildman–Crippen MR) is 214 cm³/mol. The van der Waals surface area contributed by atoms with Crippen molar-refractivity contribution in [2.45, 2.75) is 145 Å². The third-order valence-electron chi connectivity index (χ3n) is 8.02. The zero-order chi connectivity index (χ0) is 42.5. The third kappa shape index (κ3) is 18.2. The van der Waals surface area contributed by atoms with E-state index in [1.807, 2.05) is 79.7 Å². The normalized spacial score (nSPS) is 12.2. The van der Waals surface area contributed by atoms with Crippen LogP contribution >= 0.6 is 0 Å². The second kappa shape index (κ2) is 20.8. The van der Waals surface area contributed by atoms with Gasteiger partial charge in [-0.05, 0) is 101 Å². The first kappa shape index (κ1) is 48.0. The van der Waals surface area contributed by atoms with Gasteiger partial charge in [0.25, 0.3) is 0 Å². The van der Waals surface area contributed by atoms with E-state index in [9.17, 15) is 19.2 Å². The fraction of sp³-hybridized carbons (Fsp3) is 0.636. The van der Waals surface area contributed by atoms with Crippen molar-refractivity contribution in [3.8, 4) is 11.5 Å². The summed E-state index contributed by atoms with van der Waals surface area (Å²) in [7, 11) is 0. The predicted octanol–water partition coefficient (Wildman–Crippen LogP) is 9.21. The summed E-state index contributed by atoms with van der Waals surface area (Å²) in [6.07, 6.45) is -0.217. The standard InChI is InChI=1S/C44H66O12/c1-29-25-31(27-33(41(3,4)5)37(29)53-39(47)55-43(9,10)11)15-17-35(45)51-23-21-49-19-20-50-22-24-52-36(46)18-16-32-26-30(2)38(34(28-32)42(6,7)8)54-40(48)56-44(12,13)14/h25-28H,15-24H2,1-14H3. The van der Waals surface area contributed by atoms with E-state index in [1.54, 1.807) is 41.5 Å². The molecule has 0 aliphatic rings. The van der Waals surface area contributed by atoms with Crippen molar-refractivity contribution in [3.63, 3.8) is 0 Å². The highest BCUT2D eigenvalue weighted by Crippen LogP contribution is 2.37.